The highest BCUT2D eigenvalue weighted by atomic mass is 16.6. The quantitative estimate of drug-likeness (QED) is 0.664. The summed E-state index contributed by atoms with van der Waals surface area (Å²) in [6.07, 6.45) is 3.99. The average Bonchev–Trinajstić information content (AvgIpc) is 3.21. The van der Waals surface area contributed by atoms with E-state index in [1.165, 1.54) is 4.90 Å². The molecule has 27 heavy (non-hydrogen) atoms. The van der Waals surface area contributed by atoms with Crippen LogP contribution in [-0.4, -0.2) is 35.3 Å². The van der Waals surface area contributed by atoms with Gasteiger partial charge in [0.05, 0.1) is 6.04 Å². The number of hydrogen-bond acceptors (Lipinski definition) is 4. The Kier molecular flexibility index (Phi) is 6.30. The van der Waals surface area contributed by atoms with E-state index in [2.05, 4.69) is 13.8 Å². The lowest BCUT2D eigenvalue weighted by molar-refractivity contribution is -0.130. The van der Waals surface area contributed by atoms with E-state index < -0.39 is 6.09 Å². The van der Waals surface area contributed by atoms with E-state index in [0.29, 0.717) is 25.4 Å². The molecule has 1 aliphatic heterocycles. The Bertz CT molecular complexity index is 685. The lowest BCUT2D eigenvalue weighted by atomic mass is 9.87. The largest absolute Gasteiger partial charge is 0.447 e. The molecule has 1 saturated carbocycles. The zero-order valence-electron chi connectivity index (χ0n) is 16.2. The molecule has 0 aromatic heterocycles. The molecule has 1 heterocycles. The fraction of sp³-hybridized carbons (Fsp3) is 0.591. The van der Waals surface area contributed by atoms with Crippen LogP contribution in [0.25, 0.3) is 0 Å². The molecule has 2 fully saturated rings. The molecule has 0 spiro atoms. The van der Waals surface area contributed by atoms with Gasteiger partial charge in [0.1, 0.15) is 6.61 Å². The molecule has 2 aliphatic rings. The van der Waals surface area contributed by atoms with Gasteiger partial charge in [-0.25, -0.2) is 9.69 Å². The molecular formula is C22H29NO4. The van der Waals surface area contributed by atoms with Crippen molar-refractivity contribution in [1.29, 1.82) is 0 Å². The highest BCUT2D eigenvalue weighted by Gasteiger charge is 2.40. The van der Waals surface area contributed by atoms with Gasteiger partial charge in [-0.2, -0.15) is 0 Å². The van der Waals surface area contributed by atoms with Crippen molar-refractivity contribution in [2.24, 2.45) is 17.8 Å². The van der Waals surface area contributed by atoms with Crippen molar-refractivity contribution < 1.29 is 19.1 Å². The number of amides is 2. The highest BCUT2D eigenvalue weighted by Crippen LogP contribution is 2.38. The fourth-order valence-electron chi connectivity index (χ4n) is 4.44. The first kappa shape index (κ1) is 19.6. The molecule has 1 aliphatic carbocycles. The van der Waals surface area contributed by atoms with Crippen LogP contribution in [0.2, 0.25) is 0 Å². The number of nitrogens with zero attached hydrogens (tertiary/aromatic N) is 1. The second-order valence-corrected chi connectivity index (χ2v) is 8.27. The number of ketones is 1. The van der Waals surface area contributed by atoms with Crippen LogP contribution in [0.1, 0.15) is 62.7 Å². The Morgan fingerprint density at radius 1 is 1.11 bits per heavy atom. The Hall–Kier alpha value is -2.17. The van der Waals surface area contributed by atoms with Gasteiger partial charge in [-0.1, -0.05) is 50.6 Å². The van der Waals surface area contributed by atoms with E-state index in [0.717, 1.165) is 31.2 Å². The number of Topliss-reactive ketones (excluding diaryl/α,β-unsaturated/α-hetero) is 1. The predicted molar refractivity (Wildman–Crippen MR) is 102 cm³/mol. The van der Waals surface area contributed by atoms with Crippen LogP contribution in [-0.2, 0) is 9.53 Å². The van der Waals surface area contributed by atoms with Crippen LogP contribution in [0.15, 0.2) is 30.3 Å². The van der Waals surface area contributed by atoms with Gasteiger partial charge < -0.3 is 4.74 Å². The maximum atomic E-state index is 12.8. The molecule has 146 valence electrons. The van der Waals surface area contributed by atoms with E-state index in [4.69, 9.17) is 4.74 Å². The van der Waals surface area contributed by atoms with Crippen LogP contribution in [0.5, 0.6) is 0 Å². The third-order valence-corrected chi connectivity index (χ3v) is 5.77. The van der Waals surface area contributed by atoms with Crippen molar-refractivity contribution in [2.75, 3.05) is 6.61 Å². The van der Waals surface area contributed by atoms with E-state index in [1.807, 2.05) is 30.3 Å². The Morgan fingerprint density at radius 2 is 1.78 bits per heavy atom. The predicted octanol–water partition coefficient (Wildman–Crippen LogP) is 4.46. The van der Waals surface area contributed by atoms with Crippen LogP contribution in [0.4, 0.5) is 4.79 Å². The first-order chi connectivity index (χ1) is 13.0. The van der Waals surface area contributed by atoms with E-state index in [9.17, 15) is 14.4 Å². The van der Waals surface area contributed by atoms with Gasteiger partial charge in [-0.3, -0.25) is 9.59 Å². The highest BCUT2D eigenvalue weighted by molar-refractivity contribution is 5.96. The SMILES string of the molecule is CC(C)C[C@H]1COC(=O)N1C(=O)C[C@H]1CCC[C@@H]1CC(=O)c1ccccc1. The van der Waals surface area contributed by atoms with Crippen molar-refractivity contribution in [1.82, 2.24) is 4.90 Å². The van der Waals surface area contributed by atoms with Gasteiger partial charge in [0.25, 0.3) is 0 Å². The summed E-state index contributed by atoms with van der Waals surface area (Å²) < 4.78 is 5.13. The van der Waals surface area contributed by atoms with Gasteiger partial charge in [-0.15, -0.1) is 0 Å². The molecule has 1 aromatic carbocycles. The Morgan fingerprint density at radius 3 is 2.44 bits per heavy atom. The molecule has 3 rings (SSSR count). The van der Waals surface area contributed by atoms with Gasteiger partial charge in [0.2, 0.25) is 5.91 Å². The third-order valence-electron chi connectivity index (χ3n) is 5.77. The van der Waals surface area contributed by atoms with Crippen molar-refractivity contribution >= 4 is 17.8 Å². The molecule has 0 N–H and O–H groups in total. The molecule has 2 amide bonds. The Labute approximate surface area is 161 Å². The number of carbonyl (C=O) groups excluding carboxylic acids is 3. The molecule has 0 unspecified atom stereocenters. The summed E-state index contributed by atoms with van der Waals surface area (Å²) in [6.45, 7) is 4.45. The van der Waals surface area contributed by atoms with Gasteiger partial charge in [0, 0.05) is 18.4 Å². The molecule has 0 radical (unpaired) electrons. The summed E-state index contributed by atoms with van der Waals surface area (Å²) in [5, 5.41) is 0. The van der Waals surface area contributed by atoms with Crippen LogP contribution in [0.3, 0.4) is 0 Å². The minimum Gasteiger partial charge on any atom is -0.447 e. The number of cyclic esters (lactones) is 1. The smallest absolute Gasteiger partial charge is 0.416 e. The summed E-state index contributed by atoms with van der Waals surface area (Å²) in [6, 6.07) is 9.17. The molecule has 5 nitrogen and oxygen atoms in total. The molecule has 1 aromatic rings. The summed E-state index contributed by atoms with van der Waals surface area (Å²) in [4.78, 5) is 38.8. The van der Waals surface area contributed by atoms with Crippen LogP contribution >= 0.6 is 0 Å². The van der Waals surface area contributed by atoms with E-state index in [-0.39, 0.29) is 29.6 Å². The maximum Gasteiger partial charge on any atom is 0.416 e. The van der Waals surface area contributed by atoms with Gasteiger partial charge in [0.15, 0.2) is 5.78 Å². The second-order valence-electron chi connectivity index (χ2n) is 8.27. The van der Waals surface area contributed by atoms with E-state index >= 15 is 0 Å². The van der Waals surface area contributed by atoms with Crippen LogP contribution < -0.4 is 0 Å². The van der Waals surface area contributed by atoms with Gasteiger partial charge in [-0.05, 0) is 37.0 Å². The number of carbonyl (C=O) groups is 3. The molecule has 5 heteroatoms. The summed E-state index contributed by atoms with van der Waals surface area (Å²) in [7, 11) is 0. The molecule has 1 saturated heterocycles. The summed E-state index contributed by atoms with van der Waals surface area (Å²) in [5.74, 6) is 0.759. The number of hydrogen-bond donors (Lipinski definition) is 0. The van der Waals surface area contributed by atoms with Crippen molar-refractivity contribution in [3.8, 4) is 0 Å². The van der Waals surface area contributed by atoms with Crippen molar-refractivity contribution in [2.45, 2.75) is 58.4 Å². The summed E-state index contributed by atoms with van der Waals surface area (Å²) >= 11 is 0. The minimum atomic E-state index is -0.513. The van der Waals surface area contributed by atoms with Crippen molar-refractivity contribution in [3.05, 3.63) is 35.9 Å². The van der Waals surface area contributed by atoms with Crippen molar-refractivity contribution in [3.63, 3.8) is 0 Å². The number of imide groups is 1. The average molecular weight is 371 g/mol. The lowest BCUT2D eigenvalue weighted by Gasteiger charge is -2.24. The van der Waals surface area contributed by atoms with E-state index in [1.54, 1.807) is 0 Å². The summed E-state index contributed by atoms with van der Waals surface area (Å²) in [5.41, 5.74) is 0.731. The minimum absolute atomic E-state index is 0.137. The molecule has 0 bridgehead atoms. The lowest BCUT2D eigenvalue weighted by Crippen LogP contribution is -2.40. The number of ether oxygens (including phenoxy) is 1. The Balaban J connectivity index is 1.61. The maximum absolute atomic E-state index is 12.8. The first-order valence-corrected chi connectivity index (χ1v) is 10.0. The first-order valence-electron chi connectivity index (χ1n) is 10.0. The molecule has 3 atom stereocenters. The monoisotopic (exact) mass is 371 g/mol. The zero-order valence-corrected chi connectivity index (χ0v) is 16.2. The number of benzene rings is 1. The topological polar surface area (TPSA) is 63.7 Å². The molecular weight excluding hydrogens is 342 g/mol. The number of rotatable bonds is 7. The van der Waals surface area contributed by atoms with Crippen LogP contribution in [0, 0.1) is 17.8 Å². The standard InChI is InChI=1S/C22H29NO4/c1-15(2)11-19-14-27-22(26)23(19)21(25)13-18-10-6-9-17(18)12-20(24)16-7-4-3-5-8-16/h3-5,7-8,15,17-19H,6,9-14H2,1-2H3/t17-,18-,19+/m1/s1. The third kappa shape index (κ3) is 4.76. The normalized spacial score (nSPS) is 25.1. The second kappa shape index (κ2) is 8.68. The fourth-order valence-corrected chi connectivity index (χ4v) is 4.44. The van der Waals surface area contributed by atoms with Gasteiger partial charge >= 0.3 is 6.09 Å². The zero-order chi connectivity index (χ0) is 19.4.